The molecule has 2 unspecified atom stereocenters. The lowest BCUT2D eigenvalue weighted by atomic mass is 9.76. The molecule has 1 aliphatic carbocycles. The Morgan fingerprint density at radius 2 is 1.90 bits per heavy atom. The van der Waals surface area contributed by atoms with E-state index in [1.165, 1.54) is 44.2 Å². The standard InChI is InChI=1S/C17H25BrFN/c1-17(2,3)12-5-4-6-14(9-7-12)20-16-10-8-13(19)11-15(16)18/h8,10-12,14,20H,4-7,9H2,1-3H3. The van der Waals surface area contributed by atoms with Crippen molar-refractivity contribution in [2.45, 2.75) is 58.9 Å². The second-order valence-corrected chi connectivity index (χ2v) is 7.89. The molecule has 2 rings (SSSR count). The Balaban J connectivity index is 1.97. The molecule has 0 amide bonds. The highest BCUT2D eigenvalue weighted by Crippen LogP contribution is 2.37. The van der Waals surface area contributed by atoms with Crippen molar-refractivity contribution in [2.75, 3.05) is 5.32 Å². The van der Waals surface area contributed by atoms with Crippen LogP contribution in [0.25, 0.3) is 0 Å². The van der Waals surface area contributed by atoms with E-state index < -0.39 is 0 Å². The lowest BCUT2D eigenvalue weighted by molar-refractivity contribution is 0.214. The second kappa shape index (κ2) is 6.46. The summed E-state index contributed by atoms with van der Waals surface area (Å²) in [6.45, 7) is 7.05. The fourth-order valence-corrected chi connectivity index (χ4v) is 3.60. The topological polar surface area (TPSA) is 12.0 Å². The van der Waals surface area contributed by atoms with Crippen LogP contribution >= 0.6 is 15.9 Å². The van der Waals surface area contributed by atoms with Crippen molar-refractivity contribution in [2.24, 2.45) is 11.3 Å². The van der Waals surface area contributed by atoms with Gasteiger partial charge >= 0.3 is 0 Å². The summed E-state index contributed by atoms with van der Waals surface area (Å²) in [5, 5.41) is 3.57. The molecule has 0 aromatic heterocycles. The Morgan fingerprint density at radius 3 is 2.55 bits per heavy atom. The van der Waals surface area contributed by atoms with E-state index in [1.807, 2.05) is 6.07 Å². The third-order valence-electron chi connectivity index (χ3n) is 4.48. The minimum atomic E-state index is -0.198. The Morgan fingerprint density at radius 1 is 1.15 bits per heavy atom. The van der Waals surface area contributed by atoms with E-state index in [0.717, 1.165) is 16.1 Å². The van der Waals surface area contributed by atoms with Gasteiger partial charge in [0.15, 0.2) is 0 Å². The predicted octanol–water partition coefficient (Wildman–Crippen LogP) is 6.00. The molecule has 0 bridgehead atoms. The number of rotatable bonds is 2. The molecule has 1 aromatic rings. The molecule has 0 heterocycles. The van der Waals surface area contributed by atoms with Crippen LogP contribution in [0.3, 0.4) is 0 Å². The molecule has 3 heteroatoms. The molecule has 1 nitrogen and oxygen atoms in total. The van der Waals surface area contributed by atoms with Gasteiger partial charge in [0, 0.05) is 16.2 Å². The first-order chi connectivity index (χ1) is 9.36. The van der Waals surface area contributed by atoms with E-state index in [2.05, 4.69) is 42.0 Å². The summed E-state index contributed by atoms with van der Waals surface area (Å²) in [6.07, 6.45) is 6.28. The summed E-state index contributed by atoms with van der Waals surface area (Å²) in [7, 11) is 0. The van der Waals surface area contributed by atoms with Crippen LogP contribution in [-0.4, -0.2) is 6.04 Å². The van der Waals surface area contributed by atoms with Crippen LogP contribution in [0.2, 0.25) is 0 Å². The van der Waals surface area contributed by atoms with Gasteiger partial charge in [0.2, 0.25) is 0 Å². The Kier molecular flexibility index (Phi) is 5.11. The van der Waals surface area contributed by atoms with Crippen LogP contribution in [0.5, 0.6) is 0 Å². The normalized spacial score (nSPS) is 24.2. The predicted molar refractivity (Wildman–Crippen MR) is 87.5 cm³/mol. The number of halogens is 2. The number of benzene rings is 1. The highest BCUT2D eigenvalue weighted by Gasteiger charge is 2.27. The fourth-order valence-electron chi connectivity index (χ4n) is 3.14. The van der Waals surface area contributed by atoms with Crippen LogP contribution < -0.4 is 5.32 Å². The largest absolute Gasteiger partial charge is 0.381 e. The van der Waals surface area contributed by atoms with Crippen LogP contribution in [0.15, 0.2) is 22.7 Å². The number of hydrogen-bond donors (Lipinski definition) is 1. The van der Waals surface area contributed by atoms with Gasteiger partial charge in [-0.2, -0.15) is 0 Å². The third-order valence-corrected chi connectivity index (χ3v) is 5.14. The summed E-state index contributed by atoms with van der Waals surface area (Å²) in [5.41, 5.74) is 1.41. The van der Waals surface area contributed by atoms with Gasteiger partial charge in [-0.05, 0) is 71.1 Å². The first-order valence-electron chi connectivity index (χ1n) is 7.58. The molecule has 1 fully saturated rings. The van der Waals surface area contributed by atoms with Crippen LogP contribution in [0.4, 0.5) is 10.1 Å². The zero-order chi connectivity index (χ0) is 14.8. The van der Waals surface area contributed by atoms with Gasteiger partial charge in [0.1, 0.15) is 5.82 Å². The highest BCUT2D eigenvalue weighted by atomic mass is 79.9. The molecule has 1 saturated carbocycles. The molecule has 1 aliphatic rings. The van der Waals surface area contributed by atoms with Crippen LogP contribution in [0.1, 0.15) is 52.9 Å². The van der Waals surface area contributed by atoms with E-state index in [0.29, 0.717) is 11.5 Å². The minimum absolute atomic E-state index is 0.198. The highest BCUT2D eigenvalue weighted by molar-refractivity contribution is 9.10. The van der Waals surface area contributed by atoms with E-state index >= 15 is 0 Å². The van der Waals surface area contributed by atoms with Gasteiger partial charge in [-0.1, -0.05) is 27.2 Å². The molecular formula is C17H25BrFN. The summed E-state index contributed by atoms with van der Waals surface area (Å²) in [5.74, 6) is 0.613. The summed E-state index contributed by atoms with van der Waals surface area (Å²) < 4.78 is 13.9. The van der Waals surface area contributed by atoms with Crippen molar-refractivity contribution < 1.29 is 4.39 Å². The molecule has 1 N–H and O–H groups in total. The molecule has 112 valence electrons. The second-order valence-electron chi connectivity index (χ2n) is 7.04. The van der Waals surface area contributed by atoms with Gasteiger partial charge in [-0.3, -0.25) is 0 Å². The van der Waals surface area contributed by atoms with Crippen LogP contribution in [-0.2, 0) is 0 Å². The number of anilines is 1. The van der Waals surface area contributed by atoms with Crippen molar-refractivity contribution >= 4 is 21.6 Å². The SMILES string of the molecule is CC(C)(C)C1CCCC(Nc2ccc(F)cc2Br)CC1. The van der Waals surface area contributed by atoms with E-state index in [4.69, 9.17) is 0 Å². The average Bonchev–Trinajstić information content (AvgIpc) is 2.58. The van der Waals surface area contributed by atoms with Gasteiger partial charge in [0.05, 0.1) is 0 Å². The number of hydrogen-bond acceptors (Lipinski definition) is 1. The summed E-state index contributed by atoms with van der Waals surface area (Å²) >= 11 is 3.43. The average molecular weight is 342 g/mol. The zero-order valence-electron chi connectivity index (χ0n) is 12.7. The quantitative estimate of drug-likeness (QED) is 0.651. The number of nitrogens with one attached hydrogen (secondary N) is 1. The smallest absolute Gasteiger partial charge is 0.124 e. The van der Waals surface area contributed by atoms with Crippen molar-refractivity contribution in [3.8, 4) is 0 Å². The lowest BCUT2D eigenvalue weighted by Gasteiger charge is -2.29. The summed E-state index contributed by atoms with van der Waals surface area (Å²) in [6, 6.07) is 5.37. The Bertz CT molecular complexity index is 453. The summed E-state index contributed by atoms with van der Waals surface area (Å²) in [4.78, 5) is 0. The maximum atomic E-state index is 13.1. The maximum Gasteiger partial charge on any atom is 0.124 e. The molecule has 2 atom stereocenters. The molecular weight excluding hydrogens is 317 g/mol. The third kappa shape index (κ3) is 4.21. The Labute approximate surface area is 130 Å². The maximum absolute atomic E-state index is 13.1. The molecule has 0 spiro atoms. The first kappa shape index (κ1) is 15.8. The molecule has 0 aliphatic heterocycles. The monoisotopic (exact) mass is 341 g/mol. The molecule has 1 aromatic carbocycles. The molecule has 0 radical (unpaired) electrons. The minimum Gasteiger partial charge on any atom is -0.381 e. The van der Waals surface area contributed by atoms with Crippen molar-refractivity contribution in [1.29, 1.82) is 0 Å². The Hall–Kier alpha value is -0.570. The van der Waals surface area contributed by atoms with E-state index in [1.54, 1.807) is 0 Å². The van der Waals surface area contributed by atoms with Gasteiger partial charge in [-0.15, -0.1) is 0 Å². The molecule has 0 saturated heterocycles. The first-order valence-corrected chi connectivity index (χ1v) is 8.37. The zero-order valence-corrected chi connectivity index (χ0v) is 14.3. The van der Waals surface area contributed by atoms with Crippen molar-refractivity contribution in [1.82, 2.24) is 0 Å². The fraction of sp³-hybridized carbons (Fsp3) is 0.647. The van der Waals surface area contributed by atoms with Gasteiger partial charge in [-0.25, -0.2) is 4.39 Å². The van der Waals surface area contributed by atoms with Gasteiger partial charge in [0.25, 0.3) is 0 Å². The van der Waals surface area contributed by atoms with E-state index in [-0.39, 0.29) is 5.82 Å². The van der Waals surface area contributed by atoms with Crippen molar-refractivity contribution in [3.63, 3.8) is 0 Å². The molecule has 20 heavy (non-hydrogen) atoms. The van der Waals surface area contributed by atoms with Crippen LogP contribution in [0, 0.1) is 17.2 Å². The van der Waals surface area contributed by atoms with E-state index in [9.17, 15) is 4.39 Å². The van der Waals surface area contributed by atoms with Gasteiger partial charge < -0.3 is 5.32 Å². The van der Waals surface area contributed by atoms with Crippen molar-refractivity contribution in [3.05, 3.63) is 28.5 Å². The lowest BCUT2D eigenvalue weighted by Crippen LogP contribution is -2.21.